The second kappa shape index (κ2) is 9.68. The maximum absolute atomic E-state index is 14.3. The number of fused-ring (bicyclic) bond motifs is 2. The van der Waals surface area contributed by atoms with Crippen LogP contribution in [-0.2, 0) is 0 Å². The van der Waals surface area contributed by atoms with E-state index in [2.05, 4.69) is 31.3 Å². The zero-order valence-corrected chi connectivity index (χ0v) is 21.9. The molecular formula is C29H24N6O2S. The van der Waals surface area contributed by atoms with Gasteiger partial charge in [-0.2, -0.15) is 0 Å². The summed E-state index contributed by atoms with van der Waals surface area (Å²) >= 11 is 1.46. The summed E-state index contributed by atoms with van der Waals surface area (Å²) in [5.74, 6) is 1.20. The topological polar surface area (TPSA) is 94.8 Å². The van der Waals surface area contributed by atoms with Gasteiger partial charge in [0.25, 0.3) is 5.56 Å². The summed E-state index contributed by atoms with van der Waals surface area (Å²) in [5.41, 5.74) is 6.52. The maximum Gasteiger partial charge on any atom is 0.263 e. The minimum absolute atomic E-state index is 0.108. The van der Waals surface area contributed by atoms with Crippen molar-refractivity contribution in [3.63, 3.8) is 0 Å². The molecule has 0 saturated heterocycles. The molecular weight excluding hydrogens is 496 g/mol. The molecule has 1 atom stereocenters. The standard InChI is InChI=1S/C29H24N6O2S/c1-17-12-20(14-30-27(17)37-3)22-11-7-8-19-13-23(35(29(36)24(19)22)21-9-5-4-6-10-21)18(2)34-26-25-28(32-15-31-26)38-16-33-25/h4-16,18H,1-3H3,(H,31,32,34)/t18-/m0/s1. The van der Waals surface area contributed by atoms with Crippen molar-refractivity contribution < 1.29 is 4.74 Å². The smallest absolute Gasteiger partial charge is 0.263 e. The number of nitrogens with one attached hydrogen (secondary N) is 1. The number of aromatic nitrogens is 5. The van der Waals surface area contributed by atoms with Crippen LogP contribution < -0.4 is 15.6 Å². The van der Waals surface area contributed by atoms with Crippen LogP contribution in [0, 0.1) is 6.92 Å². The van der Waals surface area contributed by atoms with Crippen LogP contribution in [0.2, 0.25) is 0 Å². The van der Waals surface area contributed by atoms with Gasteiger partial charge in [0.1, 0.15) is 16.7 Å². The van der Waals surface area contributed by atoms with E-state index in [0.717, 1.165) is 38.3 Å². The van der Waals surface area contributed by atoms with E-state index in [1.807, 2.05) is 68.4 Å². The van der Waals surface area contributed by atoms with Crippen LogP contribution in [0.3, 0.4) is 0 Å². The number of methoxy groups -OCH3 is 1. The molecule has 0 aliphatic rings. The van der Waals surface area contributed by atoms with Crippen molar-refractivity contribution in [3.05, 3.63) is 100 Å². The van der Waals surface area contributed by atoms with E-state index >= 15 is 0 Å². The van der Waals surface area contributed by atoms with E-state index in [4.69, 9.17) is 4.74 Å². The van der Waals surface area contributed by atoms with Crippen molar-refractivity contribution in [1.82, 2.24) is 24.5 Å². The van der Waals surface area contributed by atoms with Gasteiger partial charge in [-0.15, -0.1) is 11.3 Å². The number of benzene rings is 2. The molecule has 9 heteroatoms. The van der Waals surface area contributed by atoms with E-state index in [9.17, 15) is 4.79 Å². The lowest BCUT2D eigenvalue weighted by atomic mass is 9.98. The zero-order chi connectivity index (χ0) is 26.2. The van der Waals surface area contributed by atoms with Gasteiger partial charge >= 0.3 is 0 Å². The molecule has 0 amide bonds. The molecule has 0 saturated carbocycles. The van der Waals surface area contributed by atoms with Crippen LogP contribution in [-0.4, -0.2) is 31.6 Å². The monoisotopic (exact) mass is 520 g/mol. The second-order valence-corrected chi connectivity index (χ2v) is 9.79. The number of aryl methyl sites for hydroxylation is 1. The molecule has 6 aromatic rings. The molecule has 8 nitrogen and oxygen atoms in total. The summed E-state index contributed by atoms with van der Waals surface area (Å²) in [7, 11) is 1.60. The highest BCUT2D eigenvalue weighted by Crippen LogP contribution is 2.32. The molecule has 0 fully saturated rings. The predicted octanol–water partition coefficient (Wildman–Crippen LogP) is 5.94. The molecule has 188 valence electrons. The first-order valence-electron chi connectivity index (χ1n) is 12.1. The summed E-state index contributed by atoms with van der Waals surface area (Å²) in [4.78, 5) is 32.7. The van der Waals surface area contributed by atoms with Crippen LogP contribution in [0.1, 0.15) is 24.2 Å². The SMILES string of the molecule is COc1ncc(-c2cccc3cc([C@H](C)Nc4ncnc5scnc45)n(-c4ccccc4)c(=O)c23)cc1C. The largest absolute Gasteiger partial charge is 0.481 e. The molecule has 4 heterocycles. The Kier molecular flexibility index (Phi) is 6.05. The van der Waals surface area contributed by atoms with Gasteiger partial charge in [0.2, 0.25) is 5.88 Å². The Hall–Kier alpha value is -4.63. The molecule has 0 aliphatic heterocycles. The van der Waals surface area contributed by atoms with Crippen LogP contribution in [0.25, 0.3) is 37.9 Å². The predicted molar refractivity (Wildman–Crippen MR) is 151 cm³/mol. The van der Waals surface area contributed by atoms with Crippen molar-refractivity contribution >= 4 is 38.3 Å². The number of hydrogen-bond donors (Lipinski definition) is 1. The normalized spacial score (nSPS) is 12.1. The van der Waals surface area contributed by atoms with E-state index < -0.39 is 0 Å². The third-order valence-corrected chi connectivity index (χ3v) is 7.29. The van der Waals surface area contributed by atoms with E-state index in [-0.39, 0.29) is 11.6 Å². The molecule has 0 radical (unpaired) electrons. The van der Waals surface area contributed by atoms with Crippen molar-refractivity contribution in [2.24, 2.45) is 0 Å². The van der Waals surface area contributed by atoms with Crippen molar-refractivity contribution in [2.75, 3.05) is 12.4 Å². The fourth-order valence-electron chi connectivity index (χ4n) is 4.79. The average Bonchev–Trinajstić information content (AvgIpc) is 3.43. The summed E-state index contributed by atoms with van der Waals surface area (Å²) in [6, 6.07) is 19.4. The fraction of sp³-hybridized carbons (Fsp3) is 0.138. The molecule has 38 heavy (non-hydrogen) atoms. The molecule has 6 rings (SSSR count). The molecule has 0 spiro atoms. The molecule has 0 unspecified atom stereocenters. The Bertz CT molecular complexity index is 1850. The lowest BCUT2D eigenvalue weighted by Gasteiger charge is -2.22. The third-order valence-electron chi connectivity index (χ3n) is 6.56. The number of pyridine rings is 2. The quantitative estimate of drug-likeness (QED) is 0.290. The zero-order valence-electron chi connectivity index (χ0n) is 21.0. The Balaban J connectivity index is 1.56. The van der Waals surface area contributed by atoms with Gasteiger partial charge in [-0.1, -0.05) is 36.4 Å². The van der Waals surface area contributed by atoms with E-state index in [1.165, 1.54) is 17.7 Å². The van der Waals surface area contributed by atoms with Gasteiger partial charge in [0, 0.05) is 28.7 Å². The van der Waals surface area contributed by atoms with Crippen LogP contribution >= 0.6 is 11.3 Å². The number of hydrogen-bond acceptors (Lipinski definition) is 8. The Morgan fingerprint density at radius 2 is 1.84 bits per heavy atom. The first-order chi connectivity index (χ1) is 18.5. The minimum atomic E-state index is -0.263. The van der Waals surface area contributed by atoms with Gasteiger partial charge < -0.3 is 10.1 Å². The number of nitrogens with zero attached hydrogens (tertiary/aromatic N) is 5. The molecule has 0 bridgehead atoms. The van der Waals surface area contributed by atoms with Gasteiger partial charge in [-0.05, 0) is 49.1 Å². The maximum atomic E-state index is 14.3. The van der Waals surface area contributed by atoms with Gasteiger partial charge in [-0.25, -0.2) is 19.9 Å². The van der Waals surface area contributed by atoms with Crippen LogP contribution in [0.15, 0.2) is 83.5 Å². The summed E-state index contributed by atoms with van der Waals surface area (Å²) in [6.45, 7) is 3.96. The van der Waals surface area contributed by atoms with Crippen LogP contribution in [0.4, 0.5) is 5.82 Å². The molecule has 1 N–H and O–H groups in total. The third kappa shape index (κ3) is 4.06. The number of ether oxygens (including phenoxy) is 1. The molecule has 0 aliphatic carbocycles. The Morgan fingerprint density at radius 3 is 2.63 bits per heavy atom. The highest BCUT2D eigenvalue weighted by Gasteiger charge is 2.20. The first-order valence-corrected chi connectivity index (χ1v) is 13.0. The number of thiazole rings is 1. The van der Waals surface area contributed by atoms with Gasteiger partial charge in [0.15, 0.2) is 5.82 Å². The van der Waals surface area contributed by atoms with Crippen molar-refractivity contribution in [1.29, 1.82) is 0 Å². The number of rotatable bonds is 6. The number of para-hydroxylation sites is 1. The summed E-state index contributed by atoms with van der Waals surface area (Å²) in [6.07, 6.45) is 3.27. The van der Waals surface area contributed by atoms with E-state index in [0.29, 0.717) is 22.6 Å². The van der Waals surface area contributed by atoms with Crippen molar-refractivity contribution in [3.8, 4) is 22.7 Å². The second-order valence-electron chi connectivity index (χ2n) is 8.96. The Morgan fingerprint density at radius 1 is 1.00 bits per heavy atom. The molecule has 4 aromatic heterocycles. The summed E-state index contributed by atoms with van der Waals surface area (Å²) in [5, 5.41) is 4.94. The first kappa shape index (κ1) is 23.7. The average molecular weight is 521 g/mol. The Labute approximate surface area is 222 Å². The summed E-state index contributed by atoms with van der Waals surface area (Å²) < 4.78 is 7.11. The van der Waals surface area contributed by atoms with Gasteiger partial charge in [-0.3, -0.25) is 9.36 Å². The van der Waals surface area contributed by atoms with Gasteiger partial charge in [0.05, 0.1) is 24.0 Å². The highest BCUT2D eigenvalue weighted by molar-refractivity contribution is 7.16. The molecule has 2 aromatic carbocycles. The van der Waals surface area contributed by atoms with E-state index in [1.54, 1.807) is 23.4 Å². The lowest BCUT2D eigenvalue weighted by molar-refractivity contribution is 0.394. The van der Waals surface area contributed by atoms with Crippen molar-refractivity contribution in [2.45, 2.75) is 19.9 Å². The highest BCUT2D eigenvalue weighted by atomic mass is 32.1. The number of anilines is 1. The van der Waals surface area contributed by atoms with Crippen LogP contribution in [0.5, 0.6) is 5.88 Å². The lowest BCUT2D eigenvalue weighted by Crippen LogP contribution is -2.26. The fourth-order valence-corrected chi connectivity index (χ4v) is 5.41. The minimum Gasteiger partial charge on any atom is -0.481 e.